The quantitative estimate of drug-likeness (QED) is 0.782. The lowest BCUT2D eigenvalue weighted by Gasteiger charge is -2.25. The molecule has 0 radical (unpaired) electrons. The third-order valence-corrected chi connectivity index (χ3v) is 3.96. The number of benzene rings is 2. The third kappa shape index (κ3) is 3.07. The van der Waals surface area contributed by atoms with Crippen LogP contribution >= 0.6 is 11.6 Å². The summed E-state index contributed by atoms with van der Waals surface area (Å²) in [6, 6.07) is 19.9. The molecule has 0 aliphatic rings. The van der Waals surface area contributed by atoms with Gasteiger partial charge in [-0.05, 0) is 36.8 Å². The van der Waals surface area contributed by atoms with E-state index in [2.05, 4.69) is 12.1 Å². The molecule has 2 nitrogen and oxygen atoms in total. The second-order valence-corrected chi connectivity index (χ2v) is 6.03. The Bertz CT molecular complexity index is 764. The fourth-order valence-corrected chi connectivity index (χ4v) is 2.64. The van der Waals surface area contributed by atoms with E-state index in [0.29, 0.717) is 6.42 Å². The number of pyridine rings is 1. The van der Waals surface area contributed by atoms with E-state index in [4.69, 9.17) is 22.3 Å². The number of hydrogen-bond acceptors (Lipinski definition) is 2. The summed E-state index contributed by atoms with van der Waals surface area (Å²) < 4.78 is 0. The van der Waals surface area contributed by atoms with Crippen LogP contribution in [-0.2, 0) is 12.0 Å². The lowest BCUT2D eigenvalue weighted by atomic mass is 9.88. The van der Waals surface area contributed by atoms with E-state index in [9.17, 15) is 0 Å². The maximum atomic E-state index is 6.48. The van der Waals surface area contributed by atoms with Crippen LogP contribution in [0.3, 0.4) is 0 Å². The standard InChI is InChI=1S/C18H17ClN2/c1-18(20,14-7-9-15(19)10-8-14)12-16-11-6-13-4-2-3-5-17(13)21-16/h2-11H,12,20H2,1H3. The minimum Gasteiger partial charge on any atom is -0.321 e. The first-order valence-corrected chi connectivity index (χ1v) is 7.32. The summed E-state index contributed by atoms with van der Waals surface area (Å²) in [7, 11) is 0. The number of halogens is 1. The molecule has 0 spiro atoms. The molecule has 0 aliphatic carbocycles. The minimum absolute atomic E-state index is 0.472. The molecule has 3 rings (SSSR count). The highest BCUT2D eigenvalue weighted by atomic mass is 35.5. The molecule has 0 bridgehead atoms. The first-order chi connectivity index (χ1) is 10.0. The Morgan fingerprint density at radius 2 is 1.71 bits per heavy atom. The van der Waals surface area contributed by atoms with Crippen molar-refractivity contribution in [2.45, 2.75) is 18.9 Å². The molecule has 1 heterocycles. The van der Waals surface area contributed by atoms with Crippen LogP contribution < -0.4 is 5.73 Å². The SMILES string of the molecule is CC(N)(Cc1ccc2ccccc2n1)c1ccc(Cl)cc1. The molecule has 2 aromatic carbocycles. The van der Waals surface area contributed by atoms with Crippen LogP contribution in [0.2, 0.25) is 5.02 Å². The van der Waals surface area contributed by atoms with Crippen LogP contribution in [0.5, 0.6) is 0 Å². The second-order valence-electron chi connectivity index (χ2n) is 5.60. The van der Waals surface area contributed by atoms with Gasteiger partial charge in [-0.25, -0.2) is 0 Å². The molecule has 106 valence electrons. The van der Waals surface area contributed by atoms with Gasteiger partial charge in [-0.1, -0.05) is 48.0 Å². The highest BCUT2D eigenvalue weighted by Gasteiger charge is 2.22. The average molecular weight is 297 g/mol. The Morgan fingerprint density at radius 1 is 1.00 bits per heavy atom. The third-order valence-electron chi connectivity index (χ3n) is 3.71. The Hall–Kier alpha value is -1.90. The van der Waals surface area contributed by atoms with Crippen LogP contribution in [0.1, 0.15) is 18.2 Å². The van der Waals surface area contributed by atoms with Crippen molar-refractivity contribution < 1.29 is 0 Å². The molecule has 1 atom stereocenters. The average Bonchev–Trinajstić information content (AvgIpc) is 2.47. The number of aromatic nitrogens is 1. The van der Waals surface area contributed by atoms with Gasteiger partial charge in [-0.3, -0.25) is 4.98 Å². The summed E-state index contributed by atoms with van der Waals surface area (Å²) in [5.41, 5.74) is 9.06. The first-order valence-electron chi connectivity index (χ1n) is 6.94. The van der Waals surface area contributed by atoms with Crippen molar-refractivity contribution in [1.82, 2.24) is 4.98 Å². The van der Waals surface area contributed by atoms with Crippen molar-refractivity contribution >= 4 is 22.5 Å². The highest BCUT2D eigenvalue weighted by Crippen LogP contribution is 2.24. The zero-order valence-electron chi connectivity index (χ0n) is 11.9. The molecular weight excluding hydrogens is 280 g/mol. The lowest BCUT2D eigenvalue weighted by molar-refractivity contribution is 0.486. The Kier molecular flexibility index (Phi) is 3.66. The van der Waals surface area contributed by atoms with Gasteiger partial charge >= 0.3 is 0 Å². The van der Waals surface area contributed by atoms with Crippen molar-refractivity contribution in [2.75, 3.05) is 0 Å². The van der Waals surface area contributed by atoms with Crippen molar-refractivity contribution in [3.8, 4) is 0 Å². The predicted octanol–water partition coefficient (Wildman–Crippen LogP) is 4.30. The fraction of sp³-hybridized carbons (Fsp3) is 0.167. The fourth-order valence-electron chi connectivity index (χ4n) is 2.52. The number of nitrogens with two attached hydrogens (primary N) is 1. The molecule has 0 amide bonds. The molecule has 0 fully saturated rings. The summed E-state index contributed by atoms with van der Waals surface area (Å²) in [6.45, 7) is 2.02. The Morgan fingerprint density at radius 3 is 2.48 bits per heavy atom. The predicted molar refractivity (Wildman–Crippen MR) is 88.4 cm³/mol. The monoisotopic (exact) mass is 296 g/mol. The second kappa shape index (κ2) is 5.47. The maximum Gasteiger partial charge on any atom is 0.0705 e. The number of para-hydroxylation sites is 1. The molecule has 3 aromatic rings. The molecule has 0 saturated heterocycles. The van der Waals surface area contributed by atoms with E-state index in [0.717, 1.165) is 27.2 Å². The van der Waals surface area contributed by atoms with Crippen LogP contribution in [0.4, 0.5) is 0 Å². The zero-order valence-corrected chi connectivity index (χ0v) is 12.6. The lowest BCUT2D eigenvalue weighted by Crippen LogP contribution is -2.35. The van der Waals surface area contributed by atoms with Gasteiger partial charge in [0.25, 0.3) is 0 Å². The van der Waals surface area contributed by atoms with E-state index in [1.807, 2.05) is 55.5 Å². The Labute approximate surface area is 129 Å². The normalized spacial score (nSPS) is 14.0. The number of rotatable bonds is 3. The molecule has 0 saturated carbocycles. The van der Waals surface area contributed by atoms with Gasteiger partial charge in [-0.15, -0.1) is 0 Å². The number of nitrogens with zero attached hydrogens (tertiary/aromatic N) is 1. The number of hydrogen-bond donors (Lipinski definition) is 1. The molecule has 1 aromatic heterocycles. The van der Waals surface area contributed by atoms with E-state index >= 15 is 0 Å². The van der Waals surface area contributed by atoms with Crippen LogP contribution in [-0.4, -0.2) is 4.98 Å². The van der Waals surface area contributed by atoms with Crippen molar-refractivity contribution in [3.63, 3.8) is 0 Å². The van der Waals surface area contributed by atoms with Gasteiger partial charge in [0.1, 0.15) is 0 Å². The van der Waals surface area contributed by atoms with Gasteiger partial charge in [0.2, 0.25) is 0 Å². The van der Waals surface area contributed by atoms with Crippen LogP contribution in [0.25, 0.3) is 10.9 Å². The van der Waals surface area contributed by atoms with E-state index in [1.54, 1.807) is 0 Å². The maximum absolute atomic E-state index is 6.48. The van der Waals surface area contributed by atoms with Crippen molar-refractivity contribution in [1.29, 1.82) is 0 Å². The molecule has 21 heavy (non-hydrogen) atoms. The first kappa shape index (κ1) is 14.1. The van der Waals surface area contributed by atoms with E-state index in [-0.39, 0.29) is 0 Å². The zero-order chi connectivity index (χ0) is 14.9. The van der Waals surface area contributed by atoms with E-state index < -0.39 is 5.54 Å². The molecule has 3 heteroatoms. The van der Waals surface area contributed by atoms with Gasteiger partial charge in [0.05, 0.1) is 5.52 Å². The molecule has 2 N–H and O–H groups in total. The van der Waals surface area contributed by atoms with Crippen molar-refractivity contribution in [2.24, 2.45) is 5.73 Å². The van der Waals surface area contributed by atoms with Gasteiger partial charge in [-0.2, -0.15) is 0 Å². The van der Waals surface area contributed by atoms with Crippen LogP contribution in [0, 0.1) is 0 Å². The van der Waals surface area contributed by atoms with Crippen molar-refractivity contribution in [3.05, 3.63) is 76.9 Å². The minimum atomic E-state index is -0.472. The van der Waals surface area contributed by atoms with Gasteiger partial charge < -0.3 is 5.73 Å². The van der Waals surface area contributed by atoms with E-state index in [1.165, 1.54) is 0 Å². The summed E-state index contributed by atoms with van der Waals surface area (Å²) in [4.78, 5) is 4.70. The summed E-state index contributed by atoms with van der Waals surface area (Å²) in [6.07, 6.45) is 0.680. The summed E-state index contributed by atoms with van der Waals surface area (Å²) in [5.74, 6) is 0. The molecule has 0 aliphatic heterocycles. The molecular formula is C18H17ClN2. The van der Waals surface area contributed by atoms with Gasteiger partial charge in [0, 0.05) is 28.1 Å². The highest BCUT2D eigenvalue weighted by molar-refractivity contribution is 6.30. The molecule has 1 unspecified atom stereocenters. The van der Waals surface area contributed by atoms with Gasteiger partial charge in [0.15, 0.2) is 0 Å². The van der Waals surface area contributed by atoms with Crippen LogP contribution in [0.15, 0.2) is 60.7 Å². The summed E-state index contributed by atoms with van der Waals surface area (Å²) in [5, 5.41) is 1.87. The largest absolute Gasteiger partial charge is 0.321 e. The topological polar surface area (TPSA) is 38.9 Å². The number of fused-ring (bicyclic) bond motifs is 1. The summed E-state index contributed by atoms with van der Waals surface area (Å²) >= 11 is 5.93. The smallest absolute Gasteiger partial charge is 0.0705 e. The Balaban J connectivity index is 1.91.